The smallest absolute Gasteiger partial charge is 0.119 e. The van der Waals surface area contributed by atoms with Crippen molar-refractivity contribution in [3.05, 3.63) is 29.8 Å². The van der Waals surface area contributed by atoms with E-state index in [0.717, 1.165) is 32.0 Å². The summed E-state index contributed by atoms with van der Waals surface area (Å²) in [5.74, 6) is 0.977. The highest BCUT2D eigenvalue weighted by Gasteiger charge is 2.32. The monoisotopic (exact) mass is 290 g/mol. The molecule has 2 atom stereocenters. The van der Waals surface area contributed by atoms with E-state index in [2.05, 4.69) is 57.0 Å². The minimum atomic E-state index is 0.301. The first-order chi connectivity index (χ1) is 9.86. The molecule has 1 aromatic rings. The van der Waals surface area contributed by atoms with Crippen molar-refractivity contribution in [3.8, 4) is 5.75 Å². The molecule has 1 saturated heterocycles. The Hall–Kier alpha value is -1.06. The number of benzene rings is 1. The first kappa shape index (κ1) is 16.3. The molecule has 1 heterocycles. The average Bonchev–Trinajstić information content (AvgIpc) is 2.39. The Morgan fingerprint density at radius 3 is 2.76 bits per heavy atom. The molecule has 3 nitrogen and oxygen atoms in total. The molecule has 21 heavy (non-hydrogen) atoms. The lowest BCUT2D eigenvalue weighted by Gasteiger charge is -2.43. The maximum absolute atomic E-state index is 5.90. The normalized spacial score (nSPS) is 24.0. The van der Waals surface area contributed by atoms with E-state index in [4.69, 9.17) is 4.74 Å². The fourth-order valence-electron chi connectivity index (χ4n) is 2.80. The Labute approximate surface area is 129 Å². The predicted molar refractivity (Wildman–Crippen MR) is 89.0 cm³/mol. The summed E-state index contributed by atoms with van der Waals surface area (Å²) >= 11 is 0. The summed E-state index contributed by atoms with van der Waals surface area (Å²) in [6, 6.07) is 9.40. The number of nitrogens with zero attached hydrogens (tertiary/aromatic N) is 1. The van der Waals surface area contributed by atoms with Gasteiger partial charge in [0.15, 0.2) is 0 Å². The van der Waals surface area contributed by atoms with Crippen LogP contribution in [-0.4, -0.2) is 43.2 Å². The van der Waals surface area contributed by atoms with E-state index in [1.807, 2.05) is 12.1 Å². The second-order valence-electron chi connectivity index (χ2n) is 7.34. The topological polar surface area (TPSA) is 24.5 Å². The summed E-state index contributed by atoms with van der Waals surface area (Å²) in [5, 5.41) is 3.67. The molecule has 1 N–H and O–H groups in total. The van der Waals surface area contributed by atoms with Crippen molar-refractivity contribution in [3.63, 3.8) is 0 Å². The van der Waals surface area contributed by atoms with Gasteiger partial charge >= 0.3 is 0 Å². The first-order valence-corrected chi connectivity index (χ1v) is 8.03. The zero-order valence-corrected chi connectivity index (χ0v) is 14.1. The van der Waals surface area contributed by atoms with Crippen LogP contribution in [0.4, 0.5) is 0 Å². The molecule has 0 spiro atoms. The van der Waals surface area contributed by atoms with Crippen LogP contribution in [0.5, 0.6) is 5.75 Å². The largest absolute Gasteiger partial charge is 0.492 e. The number of aryl methyl sites for hydroxylation is 1. The van der Waals surface area contributed by atoms with Crippen LogP contribution in [0.1, 0.15) is 33.3 Å². The first-order valence-electron chi connectivity index (χ1n) is 8.03. The molecule has 2 unspecified atom stereocenters. The summed E-state index contributed by atoms with van der Waals surface area (Å²) in [6.07, 6.45) is 0. The minimum Gasteiger partial charge on any atom is -0.492 e. The average molecular weight is 290 g/mol. The third-order valence-electron chi connectivity index (χ3n) is 4.38. The van der Waals surface area contributed by atoms with Gasteiger partial charge in [-0.3, -0.25) is 4.90 Å². The number of nitrogens with one attached hydrogen (secondary N) is 1. The van der Waals surface area contributed by atoms with Gasteiger partial charge in [0.1, 0.15) is 12.4 Å². The molecule has 1 aliphatic heterocycles. The summed E-state index contributed by atoms with van der Waals surface area (Å²) in [7, 11) is 0. The molecular weight excluding hydrogens is 260 g/mol. The molecule has 0 aromatic heterocycles. The second-order valence-corrected chi connectivity index (χ2v) is 7.34. The molecule has 1 fully saturated rings. The van der Waals surface area contributed by atoms with Gasteiger partial charge in [-0.2, -0.15) is 0 Å². The SMILES string of the molecule is Cc1cccc(OCCN2CC(C(C)(C)C)NCC2C)c1. The van der Waals surface area contributed by atoms with Gasteiger partial charge in [-0.15, -0.1) is 0 Å². The molecular formula is C18H30N2O. The Balaban J connectivity index is 1.83. The third kappa shape index (κ3) is 4.72. The van der Waals surface area contributed by atoms with E-state index in [1.165, 1.54) is 5.56 Å². The van der Waals surface area contributed by atoms with Crippen LogP contribution in [0, 0.1) is 12.3 Å². The van der Waals surface area contributed by atoms with E-state index >= 15 is 0 Å². The molecule has 0 aliphatic carbocycles. The highest BCUT2D eigenvalue weighted by atomic mass is 16.5. The van der Waals surface area contributed by atoms with Gasteiger partial charge in [0.05, 0.1) is 0 Å². The van der Waals surface area contributed by atoms with Crippen molar-refractivity contribution in [2.24, 2.45) is 5.41 Å². The zero-order chi connectivity index (χ0) is 15.5. The number of hydrogen-bond donors (Lipinski definition) is 1. The molecule has 3 heteroatoms. The molecule has 1 aliphatic rings. The van der Waals surface area contributed by atoms with E-state index < -0.39 is 0 Å². The van der Waals surface area contributed by atoms with Crippen LogP contribution >= 0.6 is 0 Å². The lowest BCUT2D eigenvalue weighted by atomic mass is 9.85. The minimum absolute atomic E-state index is 0.301. The van der Waals surface area contributed by atoms with Crippen molar-refractivity contribution in [1.82, 2.24) is 10.2 Å². The molecule has 0 amide bonds. The summed E-state index contributed by atoms with van der Waals surface area (Å²) in [4.78, 5) is 2.54. The van der Waals surface area contributed by atoms with Crippen molar-refractivity contribution >= 4 is 0 Å². The standard InChI is InChI=1S/C18H30N2O/c1-14-7-6-8-16(11-14)21-10-9-20-13-17(18(3,4)5)19-12-15(20)2/h6-8,11,15,17,19H,9-10,12-13H2,1-5H3. The van der Waals surface area contributed by atoms with Crippen LogP contribution in [0.25, 0.3) is 0 Å². The van der Waals surface area contributed by atoms with Gasteiger partial charge < -0.3 is 10.1 Å². The maximum Gasteiger partial charge on any atom is 0.119 e. The Morgan fingerprint density at radius 1 is 1.33 bits per heavy atom. The molecule has 0 radical (unpaired) electrons. The lowest BCUT2D eigenvalue weighted by molar-refractivity contribution is 0.0807. The van der Waals surface area contributed by atoms with E-state index in [1.54, 1.807) is 0 Å². The van der Waals surface area contributed by atoms with Crippen LogP contribution in [0.3, 0.4) is 0 Å². The highest BCUT2D eigenvalue weighted by Crippen LogP contribution is 2.23. The highest BCUT2D eigenvalue weighted by molar-refractivity contribution is 5.27. The number of hydrogen-bond acceptors (Lipinski definition) is 3. The maximum atomic E-state index is 5.90. The molecule has 1 aromatic carbocycles. The number of piperazine rings is 1. The Bertz CT molecular complexity index is 453. The molecule has 0 saturated carbocycles. The zero-order valence-electron chi connectivity index (χ0n) is 14.1. The van der Waals surface area contributed by atoms with Gasteiger partial charge in [-0.25, -0.2) is 0 Å². The Morgan fingerprint density at radius 2 is 2.10 bits per heavy atom. The van der Waals surface area contributed by atoms with E-state index in [-0.39, 0.29) is 0 Å². The van der Waals surface area contributed by atoms with Crippen molar-refractivity contribution in [2.75, 3.05) is 26.2 Å². The van der Waals surface area contributed by atoms with Crippen molar-refractivity contribution < 1.29 is 4.74 Å². The van der Waals surface area contributed by atoms with Gasteiger partial charge in [0, 0.05) is 31.7 Å². The van der Waals surface area contributed by atoms with Gasteiger partial charge in [0.2, 0.25) is 0 Å². The second kappa shape index (κ2) is 6.80. The van der Waals surface area contributed by atoms with E-state index in [0.29, 0.717) is 17.5 Å². The summed E-state index contributed by atoms with van der Waals surface area (Å²) < 4.78 is 5.90. The number of ether oxygens (including phenoxy) is 1. The Kier molecular flexibility index (Phi) is 5.28. The molecule has 2 rings (SSSR count). The van der Waals surface area contributed by atoms with E-state index in [9.17, 15) is 0 Å². The van der Waals surface area contributed by atoms with Crippen LogP contribution < -0.4 is 10.1 Å². The molecule has 118 valence electrons. The van der Waals surface area contributed by atoms with Gasteiger partial charge in [-0.1, -0.05) is 32.9 Å². The van der Waals surface area contributed by atoms with Gasteiger partial charge in [0.25, 0.3) is 0 Å². The summed E-state index contributed by atoms with van der Waals surface area (Å²) in [6.45, 7) is 15.2. The van der Waals surface area contributed by atoms with Crippen LogP contribution in [-0.2, 0) is 0 Å². The fraction of sp³-hybridized carbons (Fsp3) is 0.667. The lowest BCUT2D eigenvalue weighted by Crippen LogP contribution is -2.60. The number of rotatable bonds is 4. The van der Waals surface area contributed by atoms with Crippen LogP contribution in [0.2, 0.25) is 0 Å². The van der Waals surface area contributed by atoms with Gasteiger partial charge in [-0.05, 0) is 37.0 Å². The van der Waals surface area contributed by atoms with Crippen LogP contribution in [0.15, 0.2) is 24.3 Å². The predicted octanol–water partition coefficient (Wildman–Crippen LogP) is 3.08. The molecule has 0 bridgehead atoms. The van der Waals surface area contributed by atoms with Crippen molar-refractivity contribution in [2.45, 2.75) is 46.7 Å². The third-order valence-corrected chi connectivity index (χ3v) is 4.38. The van der Waals surface area contributed by atoms with Crippen molar-refractivity contribution in [1.29, 1.82) is 0 Å². The summed E-state index contributed by atoms with van der Waals surface area (Å²) in [5.41, 5.74) is 1.55. The quantitative estimate of drug-likeness (QED) is 0.922. The fourth-order valence-corrected chi connectivity index (χ4v) is 2.80.